The molecule has 0 saturated carbocycles. The number of carbonyl (C=O) groups is 1. The molecule has 1 rings (SSSR count). The second kappa shape index (κ2) is 6.26. The number of hydrogen-bond acceptors (Lipinski definition) is 4. The van der Waals surface area contributed by atoms with Gasteiger partial charge in [-0.1, -0.05) is 12.1 Å². The minimum absolute atomic E-state index is 0.0657. The monoisotopic (exact) mass is 252 g/mol. The van der Waals surface area contributed by atoms with Gasteiger partial charge in [0.15, 0.2) is 18.1 Å². The van der Waals surface area contributed by atoms with Gasteiger partial charge in [-0.2, -0.15) is 0 Å². The summed E-state index contributed by atoms with van der Waals surface area (Å²) in [5, 5.41) is 2.78. The van der Waals surface area contributed by atoms with Crippen molar-refractivity contribution < 1.29 is 14.3 Å². The fourth-order valence-electron chi connectivity index (χ4n) is 1.35. The molecule has 1 amide bonds. The lowest BCUT2D eigenvalue weighted by Crippen LogP contribution is -2.50. The summed E-state index contributed by atoms with van der Waals surface area (Å²) in [5.41, 5.74) is 5.10. The third-order valence-corrected chi connectivity index (χ3v) is 2.42. The molecule has 18 heavy (non-hydrogen) atoms. The number of amides is 1. The zero-order chi connectivity index (χ0) is 13.6. The van der Waals surface area contributed by atoms with Gasteiger partial charge in [0, 0.05) is 12.1 Å². The average Bonchev–Trinajstić information content (AvgIpc) is 2.36. The number of benzene rings is 1. The van der Waals surface area contributed by atoms with Crippen LogP contribution >= 0.6 is 0 Å². The molecule has 0 spiro atoms. The molecule has 0 aliphatic heterocycles. The summed E-state index contributed by atoms with van der Waals surface area (Å²) >= 11 is 0. The van der Waals surface area contributed by atoms with Crippen LogP contribution in [0, 0.1) is 0 Å². The van der Waals surface area contributed by atoms with Crippen LogP contribution in [0.25, 0.3) is 0 Å². The molecule has 5 nitrogen and oxygen atoms in total. The second-order valence-electron chi connectivity index (χ2n) is 4.58. The maximum absolute atomic E-state index is 11.7. The van der Waals surface area contributed by atoms with Crippen LogP contribution in [0.5, 0.6) is 11.5 Å². The topological polar surface area (TPSA) is 73.6 Å². The van der Waals surface area contributed by atoms with Crippen LogP contribution in [0.2, 0.25) is 0 Å². The third-order valence-electron chi connectivity index (χ3n) is 2.42. The Morgan fingerprint density at radius 3 is 2.50 bits per heavy atom. The van der Waals surface area contributed by atoms with Gasteiger partial charge in [0.1, 0.15) is 0 Å². The Kier molecular flexibility index (Phi) is 4.97. The van der Waals surface area contributed by atoms with Crippen molar-refractivity contribution in [3.05, 3.63) is 24.3 Å². The first-order chi connectivity index (χ1) is 8.48. The minimum Gasteiger partial charge on any atom is -0.493 e. The molecule has 100 valence electrons. The Morgan fingerprint density at radius 1 is 1.33 bits per heavy atom. The van der Waals surface area contributed by atoms with E-state index in [-0.39, 0.29) is 12.5 Å². The number of carbonyl (C=O) groups excluding carboxylic acids is 1. The molecule has 5 heteroatoms. The van der Waals surface area contributed by atoms with Crippen LogP contribution in [-0.2, 0) is 4.79 Å². The first-order valence-corrected chi connectivity index (χ1v) is 5.75. The number of nitrogens with two attached hydrogens (primary N) is 1. The molecular weight excluding hydrogens is 232 g/mol. The van der Waals surface area contributed by atoms with Crippen LogP contribution in [0.3, 0.4) is 0 Å². The van der Waals surface area contributed by atoms with Gasteiger partial charge in [-0.25, -0.2) is 0 Å². The summed E-state index contributed by atoms with van der Waals surface area (Å²) in [7, 11) is 1.56. The van der Waals surface area contributed by atoms with Crippen molar-refractivity contribution in [1.82, 2.24) is 5.32 Å². The number of rotatable bonds is 6. The summed E-state index contributed by atoms with van der Waals surface area (Å²) < 4.78 is 10.5. The maximum atomic E-state index is 11.7. The number of methoxy groups -OCH3 is 1. The van der Waals surface area contributed by atoms with E-state index in [2.05, 4.69) is 5.32 Å². The lowest BCUT2D eigenvalue weighted by Gasteiger charge is -2.24. The van der Waals surface area contributed by atoms with Crippen molar-refractivity contribution in [2.75, 3.05) is 20.3 Å². The van der Waals surface area contributed by atoms with Gasteiger partial charge in [-0.15, -0.1) is 0 Å². The number of para-hydroxylation sites is 2. The second-order valence-corrected chi connectivity index (χ2v) is 4.58. The highest BCUT2D eigenvalue weighted by atomic mass is 16.5. The molecule has 0 radical (unpaired) electrons. The highest BCUT2D eigenvalue weighted by Gasteiger charge is 2.18. The number of hydrogen-bond donors (Lipinski definition) is 2. The fourth-order valence-corrected chi connectivity index (χ4v) is 1.35. The lowest BCUT2D eigenvalue weighted by atomic mass is 10.1. The summed E-state index contributed by atoms with van der Waals surface area (Å²) in [5.74, 6) is 0.931. The van der Waals surface area contributed by atoms with Crippen LogP contribution < -0.4 is 20.5 Å². The Balaban J connectivity index is 2.52. The lowest BCUT2D eigenvalue weighted by molar-refractivity contribution is -0.124. The predicted molar refractivity (Wildman–Crippen MR) is 69.8 cm³/mol. The van der Waals surface area contributed by atoms with Crippen molar-refractivity contribution in [1.29, 1.82) is 0 Å². The summed E-state index contributed by atoms with van der Waals surface area (Å²) in [6.45, 7) is 4.01. The molecule has 1 aromatic carbocycles. The van der Waals surface area contributed by atoms with Crippen molar-refractivity contribution in [2.24, 2.45) is 5.73 Å². The zero-order valence-electron chi connectivity index (χ0n) is 11.0. The fraction of sp³-hybridized carbons (Fsp3) is 0.462. The van der Waals surface area contributed by atoms with Gasteiger partial charge in [0.25, 0.3) is 5.91 Å². The smallest absolute Gasteiger partial charge is 0.258 e. The van der Waals surface area contributed by atoms with Gasteiger partial charge >= 0.3 is 0 Å². The quantitative estimate of drug-likeness (QED) is 0.790. The van der Waals surface area contributed by atoms with Crippen LogP contribution in [0.15, 0.2) is 24.3 Å². The molecule has 0 saturated heterocycles. The van der Waals surface area contributed by atoms with Crippen LogP contribution in [0.4, 0.5) is 0 Å². The van der Waals surface area contributed by atoms with E-state index in [9.17, 15) is 4.79 Å². The molecule has 0 atom stereocenters. The highest BCUT2D eigenvalue weighted by molar-refractivity contribution is 5.78. The first kappa shape index (κ1) is 14.3. The largest absolute Gasteiger partial charge is 0.493 e. The van der Waals surface area contributed by atoms with Crippen LogP contribution in [-0.4, -0.2) is 31.7 Å². The van der Waals surface area contributed by atoms with Crippen molar-refractivity contribution in [3.63, 3.8) is 0 Å². The normalized spacial score (nSPS) is 10.9. The van der Waals surface area contributed by atoms with Gasteiger partial charge in [-0.3, -0.25) is 4.79 Å². The van der Waals surface area contributed by atoms with Crippen LogP contribution in [0.1, 0.15) is 13.8 Å². The van der Waals surface area contributed by atoms with Crippen molar-refractivity contribution in [2.45, 2.75) is 19.4 Å². The van der Waals surface area contributed by atoms with E-state index in [0.717, 1.165) is 0 Å². The predicted octanol–water partition coefficient (Wildman–Crippen LogP) is 0.927. The van der Waals surface area contributed by atoms with E-state index in [1.54, 1.807) is 19.2 Å². The molecule has 0 aliphatic rings. The van der Waals surface area contributed by atoms with Gasteiger partial charge in [-0.05, 0) is 26.0 Å². The highest BCUT2D eigenvalue weighted by Crippen LogP contribution is 2.25. The van der Waals surface area contributed by atoms with E-state index in [1.165, 1.54) is 0 Å². The Hall–Kier alpha value is -1.75. The molecule has 3 N–H and O–H groups in total. The SMILES string of the molecule is COc1ccccc1OCC(=O)NC(C)(C)CN. The number of nitrogens with one attached hydrogen (secondary N) is 1. The molecule has 0 unspecified atom stereocenters. The van der Waals surface area contributed by atoms with E-state index in [4.69, 9.17) is 15.2 Å². The molecule has 1 aromatic rings. The maximum Gasteiger partial charge on any atom is 0.258 e. The molecule has 0 aliphatic carbocycles. The van der Waals surface area contributed by atoms with Crippen molar-refractivity contribution >= 4 is 5.91 Å². The molecule has 0 aromatic heterocycles. The molecular formula is C13H20N2O3. The molecule has 0 heterocycles. The van der Waals surface area contributed by atoms with E-state index >= 15 is 0 Å². The van der Waals surface area contributed by atoms with Gasteiger partial charge < -0.3 is 20.5 Å². The minimum atomic E-state index is -0.429. The Labute approximate surface area is 107 Å². The average molecular weight is 252 g/mol. The summed E-state index contributed by atoms with van der Waals surface area (Å²) in [6.07, 6.45) is 0. The van der Waals surface area contributed by atoms with Gasteiger partial charge in [0.2, 0.25) is 0 Å². The third kappa shape index (κ3) is 4.25. The van der Waals surface area contributed by atoms with Gasteiger partial charge in [0.05, 0.1) is 7.11 Å². The zero-order valence-corrected chi connectivity index (χ0v) is 11.0. The Bertz CT molecular complexity index is 405. The number of ether oxygens (including phenoxy) is 2. The first-order valence-electron chi connectivity index (χ1n) is 5.75. The van der Waals surface area contributed by atoms with E-state index < -0.39 is 5.54 Å². The van der Waals surface area contributed by atoms with E-state index in [0.29, 0.717) is 18.0 Å². The van der Waals surface area contributed by atoms with Crippen molar-refractivity contribution in [3.8, 4) is 11.5 Å². The Morgan fingerprint density at radius 2 is 1.94 bits per heavy atom. The summed E-state index contributed by atoms with van der Waals surface area (Å²) in [4.78, 5) is 11.7. The standard InChI is InChI=1S/C13H20N2O3/c1-13(2,9-14)15-12(16)8-18-11-7-5-4-6-10(11)17-3/h4-7H,8-9,14H2,1-3H3,(H,15,16). The molecule has 0 fully saturated rings. The van der Waals surface area contributed by atoms with E-state index in [1.807, 2.05) is 26.0 Å². The molecule has 0 bridgehead atoms. The summed E-state index contributed by atoms with van der Waals surface area (Å²) in [6, 6.07) is 7.18.